The molecule has 1 aromatic rings. The van der Waals surface area contributed by atoms with Crippen LogP contribution in [0.2, 0.25) is 5.02 Å². The number of carboxylic acids is 2. The molecule has 0 aliphatic heterocycles. The standard InChI is InChI=1S/C14H22ClNO.C2H2O4/c1-11-9-13(10-12(2)14(11)15)17-8-6-5-7-16(3)4;3-1(4)2(5)6/h9-10H,5-8H2,1-4H3;(H,3,4)(H,5,6). The second kappa shape index (κ2) is 10.9. The van der Waals surface area contributed by atoms with Gasteiger partial charge in [-0.05, 0) is 70.6 Å². The molecule has 0 unspecified atom stereocenters. The molecule has 0 bridgehead atoms. The molecule has 0 spiro atoms. The number of halogens is 1. The van der Waals surface area contributed by atoms with Crippen LogP contribution in [-0.2, 0) is 9.59 Å². The summed E-state index contributed by atoms with van der Waals surface area (Å²) in [4.78, 5) is 20.4. The van der Waals surface area contributed by atoms with Crippen LogP contribution >= 0.6 is 11.6 Å². The summed E-state index contributed by atoms with van der Waals surface area (Å²) in [6.07, 6.45) is 2.25. The van der Waals surface area contributed by atoms with E-state index in [1.165, 1.54) is 6.42 Å². The van der Waals surface area contributed by atoms with Crippen LogP contribution in [0.3, 0.4) is 0 Å². The summed E-state index contributed by atoms with van der Waals surface area (Å²) >= 11 is 6.11. The molecule has 0 fully saturated rings. The minimum absolute atomic E-state index is 0.772. The first-order valence-electron chi connectivity index (χ1n) is 7.15. The molecule has 1 aromatic carbocycles. The normalized spacial score (nSPS) is 10.0. The number of aryl methyl sites for hydroxylation is 2. The summed E-state index contributed by atoms with van der Waals surface area (Å²) in [5, 5.41) is 15.6. The molecule has 0 aliphatic rings. The predicted molar refractivity (Wildman–Crippen MR) is 89.5 cm³/mol. The van der Waals surface area contributed by atoms with Gasteiger partial charge in [0.15, 0.2) is 0 Å². The lowest BCUT2D eigenvalue weighted by atomic mass is 10.1. The number of rotatable bonds is 6. The van der Waals surface area contributed by atoms with E-state index in [-0.39, 0.29) is 0 Å². The van der Waals surface area contributed by atoms with Crippen molar-refractivity contribution in [2.24, 2.45) is 0 Å². The summed E-state index contributed by atoms with van der Waals surface area (Å²) in [6.45, 7) is 5.90. The van der Waals surface area contributed by atoms with Crippen LogP contribution in [0.4, 0.5) is 0 Å². The van der Waals surface area contributed by atoms with Gasteiger partial charge in [-0.3, -0.25) is 0 Å². The lowest BCUT2D eigenvalue weighted by molar-refractivity contribution is -0.159. The minimum Gasteiger partial charge on any atom is -0.494 e. The zero-order valence-corrected chi connectivity index (χ0v) is 14.7. The van der Waals surface area contributed by atoms with E-state index in [2.05, 4.69) is 19.0 Å². The Hall–Kier alpha value is -1.79. The Morgan fingerprint density at radius 3 is 1.96 bits per heavy atom. The van der Waals surface area contributed by atoms with Gasteiger partial charge < -0.3 is 19.8 Å². The second-order valence-corrected chi connectivity index (χ2v) is 5.72. The van der Waals surface area contributed by atoms with Crippen molar-refractivity contribution in [1.82, 2.24) is 4.90 Å². The average molecular weight is 346 g/mol. The van der Waals surface area contributed by atoms with E-state index >= 15 is 0 Å². The van der Waals surface area contributed by atoms with Crippen molar-refractivity contribution in [3.05, 3.63) is 28.3 Å². The third-order valence-electron chi connectivity index (χ3n) is 2.86. The lowest BCUT2D eigenvalue weighted by Gasteiger charge is -2.11. The number of aliphatic carboxylic acids is 2. The molecule has 23 heavy (non-hydrogen) atoms. The lowest BCUT2D eigenvalue weighted by Crippen LogP contribution is -2.13. The van der Waals surface area contributed by atoms with Crippen LogP contribution in [-0.4, -0.2) is 54.3 Å². The Morgan fingerprint density at radius 1 is 1.09 bits per heavy atom. The fraction of sp³-hybridized carbons (Fsp3) is 0.500. The van der Waals surface area contributed by atoms with E-state index < -0.39 is 11.9 Å². The summed E-state index contributed by atoms with van der Waals surface area (Å²) in [6, 6.07) is 4.00. The van der Waals surface area contributed by atoms with Crippen molar-refractivity contribution in [2.75, 3.05) is 27.2 Å². The highest BCUT2D eigenvalue weighted by Crippen LogP contribution is 2.25. The molecule has 0 amide bonds. The van der Waals surface area contributed by atoms with Crippen LogP contribution in [0, 0.1) is 13.8 Å². The number of benzene rings is 1. The SMILES string of the molecule is Cc1cc(OCCCCN(C)C)cc(C)c1Cl.O=C(O)C(=O)O. The maximum atomic E-state index is 9.10. The fourth-order valence-corrected chi connectivity index (χ4v) is 1.82. The zero-order chi connectivity index (χ0) is 18.0. The Kier molecular flexibility index (Phi) is 10.0. The van der Waals surface area contributed by atoms with Gasteiger partial charge in [-0.2, -0.15) is 0 Å². The highest BCUT2D eigenvalue weighted by molar-refractivity contribution is 6.32. The molecule has 6 nitrogen and oxygen atoms in total. The molecule has 130 valence electrons. The van der Waals surface area contributed by atoms with Gasteiger partial charge in [-0.15, -0.1) is 0 Å². The summed E-state index contributed by atoms with van der Waals surface area (Å²) in [5.41, 5.74) is 2.16. The first kappa shape index (κ1) is 21.2. The van der Waals surface area contributed by atoms with Crippen LogP contribution in [0.1, 0.15) is 24.0 Å². The van der Waals surface area contributed by atoms with E-state index in [4.69, 9.17) is 36.1 Å². The Balaban J connectivity index is 0.000000688. The zero-order valence-electron chi connectivity index (χ0n) is 13.9. The number of hydrogen-bond acceptors (Lipinski definition) is 4. The van der Waals surface area contributed by atoms with Gasteiger partial charge in [0.25, 0.3) is 0 Å². The molecule has 1 rings (SSSR count). The summed E-state index contributed by atoms with van der Waals surface area (Å²) in [5.74, 6) is -2.72. The topological polar surface area (TPSA) is 87.1 Å². The maximum absolute atomic E-state index is 9.10. The number of nitrogens with zero attached hydrogens (tertiary/aromatic N) is 1. The minimum atomic E-state index is -1.82. The fourth-order valence-electron chi connectivity index (χ4n) is 1.71. The van der Waals surface area contributed by atoms with Crippen LogP contribution in [0.25, 0.3) is 0 Å². The van der Waals surface area contributed by atoms with Crippen molar-refractivity contribution < 1.29 is 24.5 Å². The molecule has 0 atom stereocenters. The maximum Gasteiger partial charge on any atom is 0.414 e. The number of unbranched alkanes of at least 4 members (excludes halogenated alkanes) is 1. The van der Waals surface area contributed by atoms with E-state index in [9.17, 15) is 0 Å². The van der Waals surface area contributed by atoms with Crippen molar-refractivity contribution in [1.29, 1.82) is 0 Å². The van der Waals surface area contributed by atoms with Crippen molar-refractivity contribution in [2.45, 2.75) is 26.7 Å². The van der Waals surface area contributed by atoms with E-state index in [0.29, 0.717) is 0 Å². The number of ether oxygens (including phenoxy) is 1. The smallest absolute Gasteiger partial charge is 0.414 e. The molecular formula is C16H24ClNO5. The monoisotopic (exact) mass is 345 g/mol. The molecule has 0 saturated carbocycles. The molecule has 0 saturated heterocycles. The van der Waals surface area contributed by atoms with Gasteiger partial charge in [0.1, 0.15) is 5.75 Å². The molecule has 0 aliphatic carbocycles. The van der Waals surface area contributed by atoms with Crippen LogP contribution in [0.5, 0.6) is 5.75 Å². The Labute approximate surface area is 141 Å². The third-order valence-corrected chi connectivity index (χ3v) is 3.46. The predicted octanol–water partition coefficient (Wildman–Crippen LogP) is 2.83. The van der Waals surface area contributed by atoms with Gasteiger partial charge in [-0.1, -0.05) is 11.6 Å². The largest absolute Gasteiger partial charge is 0.494 e. The van der Waals surface area contributed by atoms with Gasteiger partial charge in [0.05, 0.1) is 6.61 Å². The quantitative estimate of drug-likeness (QED) is 0.609. The molecule has 0 heterocycles. The Bertz CT molecular complexity index is 496. The number of carbonyl (C=O) groups is 2. The number of hydrogen-bond donors (Lipinski definition) is 2. The molecule has 0 aromatic heterocycles. The third kappa shape index (κ3) is 9.76. The average Bonchev–Trinajstić information content (AvgIpc) is 2.44. The second-order valence-electron chi connectivity index (χ2n) is 5.34. The number of carboxylic acid groups (broad SMARTS) is 2. The highest BCUT2D eigenvalue weighted by atomic mass is 35.5. The molecule has 2 N–H and O–H groups in total. The van der Waals surface area contributed by atoms with Crippen molar-refractivity contribution in [3.63, 3.8) is 0 Å². The van der Waals surface area contributed by atoms with Gasteiger partial charge in [0, 0.05) is 5.02 Å². The van der Waals surface area contributed by atoms with E-state index in [1.807, 2.05) is 26.0 Å². The highest BCUT2D eigenvalue weighted by Gasteiger charge is 2.04. The van der Waals surface area contributed by atoms with Crippen molar-refractivity contribution in [3.8, 4) is 5.75 Å². The van der Waals surface area contributed by atoms with E-state index in [0.717, 1.165) is 41.5 Å². The van der Waals surface area contributed by atoms with E-state index in [1.54, 1.807) is 0 Å². The van der Waals surface area contributed by atoms with Gasteiger partial charge >= 0.3 is 11.9 Å². The summed E-state index contributed by atoms with van der Waals surface area (Å²) < 4.78 is 5.73. The van der Waals surface area contributed by atoms with Gasteiger partial charge in [0.2, 0.25) is 0 Å². The first-order valence-corrected chi connectivity index (χ1v) is 7.53. The molecule has 7 heteroatoms. The Morgan fingerprint density at radius 2 is 1.57 bits per heavy atom. The van der Waals surface area contributed by atoms with Gasteiger partial charge in [-0.25, -0.2) is 9.59 Å². The summed E-state index contributed by atoms with van der Waals surface area (Å²) in [7, 11) is 4.18. The molecule has 0 radical (unpaired) electrons. The van der Waals surface area contributed by atoms with Crippen molar-refractivity contribution >= 4 is 23.5 Å². The molecular weight excluding hydrogens is 322 g/mol. The van der Waals surface area contributed by atoms with Crippen LogP contribution < -0.4 is 4.74 Å². The van der Waals surface area contributed by atoms with Crippen LogP contribution in [0.15, 0.2) is 12.1 Å². The first-order chi connectivity index (χ1) is 10.6.